The van der Waals surface area contributed by atoms with Gasteiger partial charge in [-0.15, -0.1) is 0 Å². The molecule has 1 N–H and O–H groups in total. The van der Waals surface area contributed by atoms with E-state index in [0.717, 1.165) is 27.8 Å². The Morgan fingerprint density at radius 2 is 1.57 bits per heavy atom. The predicted octanol–water partition coefficient (Wildman–Crippen LogP) is 5.42. The first kappa shape index (κ1) is 26.3. The first-order valence-corrected chi connectivity index (χ1v) is 12.2. The van der Waals surface area contributed by atoms with Crippen molar-refractivity contribution in [3.8, 4) is 5.75 Å². The number of hydrogen-bond donors (Lipinski definition) is 1. The standard InChI is InChI=1S/C29H33ClN2O3/c1-5-31-29(34)26(17-23-9-7-6-8-10-23)32(18-24-13-11-20(2)12-14-24)27(33)19-35-25-15-21(3)28(30)22(4)16-25/h6-16,26H,5,17-19H2,1-4H3,(H,31,34). The van der Waals surface area contributed by atoms with Crippen molar-refractivity contribution in [3.63, 3.8) is 0 Å². The highest BCUT2D eigenvalue weighted by molar-refractivity contribution is 6.32. The molecular formula is C29H33ClN2O3. The van der Waals surface area contributed by atoms with Gasteiger partial charge in [-0.05, 0) is 62.1 Å². The molecule has 184 valence electrons. The van der Waals surface area contributed by atoms with Crippen LogP contribution in [0.15, 0.2) is 66.7 Å². The lowest BCUT2D eigenvalue weighted by Gasteiger charge is -2.31. The largest absolute Gasteiger partial charge is 0.484 e. The first-order chi connectivity index (χ1) is 16.8. The third kappa shape index (κ3) is 7.33. The number of ether oxygens (including phenoxy) is 1. The highest BCUT2D eigenvalue weighted by Crippen LogP contribution is 2.26. The van der Waals surface area contributed by atoms with E-state index < -0.39 is 6.04 Å². The Morgan fingerprint density at radius 1 is 0.943 bits per heavy atom. The maximum atomic E-state index is 13.6. The molecule has 35 heavy (non-hydrogen) atoms. The lowest BCUT2D eigenvalue weighted by Crippen LogP contribution is -2.51. The molecule has 6 heteroatoms. The molecule has 3 aromatic carbocycles. The van der Waals surface area contributed by atoms with Gasteiger partial charge in [0, 0.05) is 24.5 Å². The Hall–Kier alpha value is -3.31. The van der Waals surface area contributed by atoms with Crippen molar-refractivity contribution in [1.82, 2.24) is 10.2 Å². The zero-order chi connectivity index (χ0) is 25.4. The van der Waals surface area contributed by atoms with Crippen molar-refractivity contribution in [2.75, 3.05) is 13.2 Å². The van der Waals surface area contributed by atoms with E-state index in [1.165, 1.54) is 0 Å². The third-order valence-electron chi connectivity index (χ3n) is 5.87. The monoisotopic (exact) mass is 492 g/mol. The van der Waals surface area contributed by atoms with Gasteiger partial charge in [-0.2, -0.15) is 0 Å². The minimum Gasteiger partial charge on any atom is -0.484 e. The van der Waals surface area contributed by atoms with Gasteiger partial charge in [0.15, 0.2) is 6.61 Å². The number of carbonyl (C=O) groups excluding carboxylic acids is 2. The van der Waals surface area contributed by atoms with E-state index in [1.54, 1.807) is 4.90 Å². The van der Waals surface area contributed by atoms with Gasteiger partial charge < -0.3 is 15.0 Å². The molecule has 0 saturated carbocycles. The molecule has 2 amide bonds. The van der Waals surface area contributed by atoms with Crippen LogP contribution in [0.4, 0.5) is 0 Å². The van der Waals surface area contributed by atoms with Crippen molar-refractivity contribution < 1.29 is 14.3 Å². The minimum absolute atomic E-state index is 0.183. The van der Waals surface area contributed by atoms with Crippen LogP contribution in [-0.2, 0) is 22.6 Å². The van der Waals surface area contributed by atoms with E-state index in [4.69, 9.17) is 16.3 Å². The number of hydrogen-bond acceptors (Lipinski definition) is 3. The van der Waals surface area contributed by atoms with Crippen LogP contribution in [0.2, 0.25) is 5.02 Å². The van der Waals surface area contributed by atoms with E-state index in [2.05, 4.69) is 5.32 Å². The van der Waals surface area contributed by atoms with Crippen molar-refractivity contribution in [2.45, 2.75) is 46.7 Å². The van der Waals surface area contributed by atoms with Crippen LogP contribution in [0.1, 0.15) is 34.7 Å². The second kappa shape index (κ2) is 12.4. The van der Waals surface area contributed by atoms with Gasteiger partial charge in [0.2, 0.25) is 5.91 Å². The Bertz CT molecular complexity index is 1120. The van der Waals surface area contributed by atoms with E-state index in [0.29, 0.717) is 30.3 Å². The maximum absolute atomic E-state index is 13.6. The zero-order valence-corrected chi connectivity index (χ0v) is 21.6. The molecule has 1 unspecified atom stereocenters. The van der Waals surface area contributed by atoms with Crippen LogP contribution in [-0.4, -0.2) is 35.9 Å². The third-order valence-corrected chi connectivity index (χ3v) is 6.46. The van der Waals surface area contributed by atoms with Gasteiger partial charge in [-0.3, -0.25) is 9.59 Å². The van der Waals surface area contributed by atoms with Crippen LogP contribution in [0, 0.1) is 20.8 Å². The normalized spacial score (nSPS) is 11.6. The number of rotatable bonds is 10. The molecule has 0 saturated heterocycles. The van der Waals surface area contributed by atoms with Crippen LogP contribution in [0.25, 0.3) is 0 Å². The quantitative estimate of drug-likeness (QED) is 0.411. The highest BCUT2D eigenvalue weighted by atomic mass is 35.5. The summed E-state index contributed by atoms with van der Waals surface area (Å²) in [5.41, 5.74) is 4.83. The fourth-order valence-electron chi connectivity index (χ4n) is 3.95. The summed E-state index contributed by atoms with van der Waals surface area (Å²) in [4.78, 5) is 28.4. The first-order valence-electron chi connectivity index (χ1n) is 11.8. The summed E-state index contributed by atoms with van der Waals surface area (Å²) in [6.07, 6.45) is 0.406. The molecule has 0 aliphatic rings. The average Bonchev–Trinajstić information content (AvgIpc) is 2.85. The molecule has 0 aliphatic carbocycles. The summed E-state index contributed by atoms with van der Waals surface area (Å²) < 4.78 is 5.88. The smallest absolute Gasteiger partial charge is 0.261 e. The van der Waals surface area contributed by atoms with Gasteiger partial charge in [0.25, 0.3) is 5.91 Å². The van der Waals surface area contributed by atoms with E-state index in [9.17, 15) is 9.59 Å². The summed E-state index contributed by atoms with van der Waals surface area (Å²) >= 11 is 6.27. The zero-order valence-electron chi connectivity index (χ0n) is 20.8. The van der Waals surface area contributed by atoms with Gasteiger partial charge >= 0.3 is 0 Å². The second-order valence-corrected chi connectivity index (χ2v) is 9.15. The molecule has 0 radical (unpaired) electrons. The average molecular weight is 493 g/mol. The number of amides is 2. The Balaban J connectivity index is 1.89. The van der Waals surface area contributed by atoms with Crippen molar-refractivity contribution in [3.05, 3.63) is 99.6 Å². The van der Waals surface area contributed by atoms with Gasteiger partial charge in [-0.1, -0.05) is 71.8 Å². The van der Waals surface area contributed by atoms with Crippen LogP contribution >= 0.6 is 11.6 Å². The van der Waals surface area contributed by atoms with Crippen LogP contribution in [0.5, 0.6) is 5.75 Å². The lowest BCUT2D eigenvalue weighted by atomic mass is 10.0. The van der Waals surface area contributed by atoms with E-state index in [1.807, 2.05) is 94.4 Å². The van der Waals surface area contributed by atoms with Crippen molar-refractivity contribution in [2.24, 2.45) is 0 Å². The van der Waals surface area contributed by atoms with Crippen LogP contribution < -0.4 is 10.1 Å². The van der Waals surface area contributed by atoms with Gasteiger partial charge in [-0.25, -0.2) is 0 Å². The van der Waals surface area contributed by atoms with Crippen molar-refractivity contribution >= 4 is 23.4 Å². The molecule has 1 atom stereocenters. The highest BCUT2D eigenvalue weighted by Gasteiger charge is 2.30. The Labute approximate surface area is 213 Å². The van der Waals surface area contributed by atoms with Gasteiger partial charge in [0.1, 0.15) is 11.8 Å². The lowest BCUT2D eigenvalue weighted by molar-refractivity contribution is -0.142. The Kier molecular flexibility index (Phi) is 9.32. The summed E-state index contributed by atoms with van der Waals surface area (Å²) in [5, 5.41) is 3.59. The molecule has 0 fully saturated rings. The number of aryl methyl sites for hydroxylation is 3. The van der Waals surface area contributed by atoms with Crippen molar-refractivity contribution in [1.29, 1.82) is 0 Å². The number of nitrogens with one attached hydrogen (secondary N) is 1. The fourth-order valence-corrected chi connectivity index (χ4v) is 4.06. The molecule has 3 rings (SSSR count). The molecule has 0 heterocycles. The molecule has 3 aromatic rings. The predicted molar refractivity (Wildman–Crippen MR) is 141 cm³/mol. The number of carbonyl (C=O) groups is 2. The molecule has 0 aromatic heterocycles. The number of likely N-dealkylation sites (N-methyl/N-ethyl adjacent to an activating group) is 1. The minimum atomic E-state index is -0.677. The molecule has 0 spiro atoms. The molecular weight excluding hydrogens is 460 g/mol. The maximum Gasteiger partial charge on any atom is 0.261 e. The fraction of sp³-hybridized carbons (Fsp3) is 0.310. The van der Waals surface area contributed by atoms with Gasteiger partial charge in [0.05, 0.1) is 0 Å². The molecule has 0 aliphatic heterocycles. The topological polar surface area (TPSA) is 58.6 Å². The van der Waals surface area contributed by atoms with Crippen LogP contribution in [0.3, 0.4) is 0 Å². The summed E-state index contributed by atoms with van der Waals surface area (Å²) in [6, 6.07) is 20.7. The molecule has 0 bridgehead atoms. The summed E-state index contributed by atoms with van der Waals surface area (Å²) in [7, 11) is 0. The second-order valence-electron chi connectivity index (χ2n) is 8.77. The SMILES string of the molecule is CCNC(=O)C(Cc1ccccc1)N(Cc1ccc(C)cc1)C(=O)COc1cc(C)c(Cl)c(C)c1. The van der Waals surface area contributed by atoms with E-state index in [-0.39, 0.29) is 18.4 Å². The Morgan fingerprint density at radius 3 is 2.17 bits per heavy atom. The number of halogens is 1. The number of benzene rings is 3. The summed E-state index contributed by atoms with van der Waals surface area (Å²) in [5.74, 6) is 0.128. The number of nitrogens with zero attached hydrogens (tertiary/aromatic N) is 1. The van der Waals surface area contributed by atoms with E-state index >= 15 is 0 Å². The summed E-state index contributed by atoms with van der Waals surface area (Å²) in [6.45, 7) is 8.29. The molecule has 5 nitrogen and oxygen atoms in total.